The number of thioether (sulfide) groups is 1. The second kappa shape index (κ2) is 5.96. The van der Waals surface area contributed by atoms with Crippen LogP contribution in [0.25, 0.3) is 10.2 Å². The largest absolute Gasteiger partial charge is 0.368 e. The smallest absolute Gasteiger partial charge is 0.226 e. The Kier molecular flexibility index (Phi) is 4.08. The Morgan fingerprint density at radius 1 is 1.37 bits per heavy atom. The summed E-state index contributed by atoms with van der Waals surface area (Å²) in [6.45, 7) is 3.90. The molecule has 0 radical (unpaired) electrons. The van der Waals surface area contributed by atoms with E-state index in [1.807, 2.05) is 0 Å². The van der Waals surface area contributed by atoms with Crippen molar-refractivity contribution in [3.63, 3.8) is 0 Å². The number of aromatic nitrogens is 2. The van der Waals surface area contributed by atoms with E-state index in [4.69, 9.17) is 0 Å². The molecular weight excluding hydrogens is 276 g/mol. The number of nitrogens with one attached hydrogen (secondary N) is 2. The van der Waals surface area contributed by atoms with Crippen LogP contribution in [0.2, 0.25) is 0 Å². The van der Waals surface area contributed by atoms with Gasteiger partial charge in [0.15, 0.2) is 0 Å². The Morgan fingerprint density at radius 2 is 2.32 bits per heavy atom. The molecule has 19 heavy (non-hydrogen) atoms. The van der Waals surface area contributed by atoms with Gasteiger partial charge in [0.2, 0.25) is 5.95 Å². The third kappa shape index (κ3) is 2.95. The molecule has 0 amide bonds. The van der Waals surface area contributed by atoms with Crippen LogP contribution < -0.4 is 10.6 Å². The van der Waals surface area contributed by atoms with Crippen LogP contribution >= 0.6 is 23.1 Å². The predicted octanol–water partition coefficient (Wildman–Crippen LogP) is 3.43. The minimum absolute atomic E-state index is 0.721. The molecule has 0 bridgehead atoms. The third-order valence-corrected chi connectivity index (χ3v) is 5.39. The Morgan fingerprint density at radius 3 is 3.11 bits per heavy atom. The lowest BCUT2D eigenvalue weighted by molar-refractivity contribution is 0.804. The summed E-state index contributed by atoms with van der Waals surface area (Å²) in [6.07, 6.45) is 2.66. The van der Waals surface area contributed by atoms with Gasteiger partial charge in [-0.05, 0) is 37.0 Å². The van der Waals surface area contributed by atoms with Gasteiger partial charge >= 0.3 is 0 Å². The molecule has 1 atom stereocenters. The quantitative estimate of drug-likeness (QED) is 0.885. The molecule has 2 aromatic heterocycles. The summed E-state index contributed by atoms with van der Waals surface area (Å²) in [4.78, 5) is 10.2. The van der Waals surface area contributed by atoms with Crippen molar-refractivity contribution in [2.75, 3.05) is 29.5 Å². The molecule has 1 aliphatic heterocycles. The number of anilines is 2. The molecule has 0 saturated carbocycles. The first-order chi connectivity index (χ1) is 9.36. The highest BCUT2D eigenvalue weighted by Gasteiger charge is 2.16. The summed E-state index contributed by atoms with van der Waals surface area (Å²) in [6, 6.07) is 2.10. The van der Waals surface area contributed by atoms with Gasteiger partial charge < -0.3 is 10.6 Å². The van der Waals surface area contributed by atoms with E-state index in [-0.39, 0.29) is 0 Å². The normalized spacial score (nSPS) is 18.9. The minimum Gasteiger partial charge on any atom is -0.368 e. The summed E-state index contributed by atoms with van der Waals surface area (Å²) in [5.41, 5.74) is 0. The van der Waals surface area contributed by atoms with Crippen molar-refractivity contribution in [1.29, 1.82) is 0 Å². The monoisotopic (exact) mass is 294 g/mol. The Balaban J connectivity index is 1.80. The van der Waals surface area contributed by atoms with Crippen molar-refractivity contribution in [2.45, 2.75) is 25.0 Å². The van der Waals surface area contributed by atoms with Gasteiger partial charge in [-0.3, -0.25) is 0 Å². The van der Waals surface area contributed by atoms with E-state index in [0.29, 0.717) is 0 Å². The molecule has 1 fully saturated rings. The molecule has 6 heteroatoms. The zero-order chi connectivity index (χ0) is 13.1. The average molecular weight is 294 g/mol. The lowest BCUT2D eigenvalue weighted by atomic mass is 10.2. The minimum atomic E-state index is 0.721. The molecule has 102 valence electrons. The zero-order valence-corrected chi connectivity index (χ0v) is 12.6. The average Bonchev–Trinajstić information content (AvgIpc) is 3.07. The van der Waals surface area contributed by atoms with Crippen LogP contribution in [-0.2, 0) is 0 Å². The van der Waals surface area contributed by atoms with Crippen LogP contribution in [-0.4, -0.2) is 34.1 Å². The maximum Gasteiger partial charge on any atom is 0.226 e. The lowest BCUT2D eigenvalue weighted by Gasteiger charge is -2.12. The number of rotatable bonds is 5. The molecule has 0 aliphatic carbocycles. The van der Waals surface area contributed by atoms with Gasteiger partial charge in [0.1, 0.15) is 10.6 Å². The van der Waals surface area contributed by atoms with Crippen molar-refractivity contribution >= 4 is 45.1 Å². The molecule has 1 unspecified atom stereocenters. The fourth-order valence-corrected chi connectivity index (χ4v) is 4.21. The van der Waals surface area contributed by atoms with E-state index in [0.717, 1.165) is 40.3 Å². The predicted molar refractivity (Wildman–Crippen MR) is 85.5 cm³/mol. The summed E-state index contributed by atoms with van der Waals surface area (Å²) in [7, 11) is 0. The van der Waals surface area contributed by atoms with E-state index in [9.17, 15) is 0 Å². The first-order valence-corrected chi connectivity index (χ1v) is 8.64. The van der Waals surface area contributed by atoms with Crippen LogP contribution in [0, 0.1) is 0 Å². The standard InChI is InChI=1S/C13H18N4S2/c1-2-14-13-16-11(10-5-7-19-12(10)17-13)15-8-9-4-3-6-18-9/h5,7,9H,2-4,6,8H2,1H3,(H2,14,15,16,17). The SMILES string of the molecule is CCNc1nc(NCC2CCCS2)c2ccsc2n1. The van der Waals surface area contributed by atoms with Crippen molar-refractivity contribution in [3.05, 3.63) is 11.4 Å². The Hall–Kier alpha value is -1.01. The fourth-order valence-electron chi connectivity index (χ4n) is 2.24. The Labute approximate surface area is 121 Å². The molecule has 0 spiro atoms. The summed E-state index contributed by atoms with van der Waals surface area (Å²) in [5.74, 6) is 2.99. The van der Waals surface area contributed by atoms with Crippen molar-refractivity contribution in [3.8, 4) is 0 Å². The molecule has 2 aromatic rings. The summed E-state index contributed by atoms with van der Waals surface area (Å²) in [5, 5.41) is 10.6. The number of nitrogens with zero attached hydrogens (tertiary/aromatic N) is 2. The Bertz CT molecular complexity index is 549. The second-order valence-electron chi connectivity index (χ2n) is 4.58. The van der Waals surface area contributed by atoms with Crippen LogP contribution in [0.15, 0.2) is 11.4 Å². The van der Waals surface area contributed by atoms with Crippen molar-refractivity contribution < 1.29 is 0 Å². The molecule has 0 aromatic carbocycles. The molecule has 3 rings (SSSR count). The lowest BCUT2D eigenvalue weighted by Crippen LogP contribution is -2.15. The van der Waals surface area contributed by atoms with E-state index < -0.39 is 0 Å². The van der Waals surface area contributed by atoms with E-state index >= 15 is 0 Å². The highest BCUT2D eigenvalue weighted by Crippen LogP contribution is 2.29. The first kappa shape index (κ1) is 13.0. The van der Waals surface area contributed by atoms with Gasteiger partial charge in [0.25, 0.3) is 0 Å². The number of fused-ring (bicyclic) bond motifs is 1. The van der Waals surface area contributed by atoms with Gasteiger partial charge in [-0.15, -0.1) is 11.3 Å². The number of hydrogen-bond acceptors (Lipinski definition) is 6. The van der Waals surface area contributed by atoms with Gasteiger partial charge in [0.05, 0.1) is 5.39 Å². The number of thiophene rings is 1. The molecule has 2 N–H and O–H groups in total. The van der Waals surface area contributed by atoms with Crippen LogP contribution in [0.5, 0.6) is 0 Å². The number of hydrogen-bond donors (Lipinski definition) is 2. The van der Waals surface area contributed by atoms with Crippen LogP contribution in [0.4, 0.5) is 11.8 Å². The fraction of sp³-hybridized carbons (Fsp3) is 0.538. The highest BCUT2D eigenvalue weighted by molar-refractivity contribution is 8.00. The maximum atomic E-state index is 4.59. The third-order valence-electron chi connectivity index (χ3n) is 3.18. The van der Waals surface area contributed by atoms with Gasteiger partial charge in [-0.2, -0.15) is 16.7 Å². The van der Waals surface area contributed by atoms with E-state index in [1.165, 1.54) is 18.6 Å². The van der Waals surface area contributed by atoms with E-state index in [2.05, 4.69) is 50.7 Å². The van der Waals surface area contributed by atoms with Gasteiger partial charge in [-0.1, -0.05) is 0 Å². The topological polar surface area (TPSA) is 49.8 Å². The van der Waals surface area contributed by atoms with Crippen LogP contribution in [0.3, 0.4) is 0 Å². The molecule has 1 saturated heterocycles. The molecular formula is C13H18N4S2. The maximum absolute atomic E-state index is 4.59. The van der Waals surface area contributed by atoms with Gasteiger partial charge in [-0.25, -0.2) is 4.98 Å². The van der Waals surface area contributed by atoms with E-state index in [1.54, 1.807) is 11.3 Å². The van der Waals surface area contributed by atoms with Crippen molar-refractivity contribution in [2.24, 2.45) is 0 Å². The van der Waals surface area contributed by atoms with Gasteiger partial charge in [0, 0.05) is 18.3 Å². The highest BCUT2D eigenvalue weighted by atomic mass is 32.2. The second-order valence-corrected chi connectivity index (χ2v) is 6.88. The zero-order valence-electron chi connectivity index (χ0n) is 11.0. The van der Waals surface area contributed by atoms with Crippen LogP contribution in [0.1, 0.15) is 19.8 Å². The first-order valence-electron chi connectivity index (χ1n) is 6.71. The summed E-state index contributed by atoms with van der Waals surface area (Å²) >= 11 is 3.73. The van der Waals surface area contributed by atoms with Crippen molar-refractivity contribution in [1.82, 2.24) is 9.97 Å². The molecule has 4 nitrogen and oxygen atoms in total. The molecule has 1 aliphatic rings. The summed E-state index contributed by atoms with van der Waals surface area (Å²) < 4.78 is 0. The molecule has 3 heterocycles.